The van der Waals surface area contributed by atoms with Crippen LogP contribution in [0.5, 0.6) is 0 Å². The summed E-state index contributed by atoms with van der Waals surface area (Å²) < 4.78 is 0. The monoisotopic (exact) mass is 234 g/mol. The second-order valence-electron chi connectivity index (χ2n) is 6.92. The van der Waals surface area contributed by atoms with E-state index in [0.29, 0.717) is 17.6 Å². The van der Waals surface area contributed by atoms with Gasteiger partial charge in [-0.3, -0.25) is 4.79 Å². The van der Waals surface area contributed by atoms with Crippen LogP contribution in [-0.4, -0.2) is 5.78 Å². The Hall–Kier alpha value is -0.330. The highest BCUT2D eigenvalue weighted by molar-refractivity contribution is 5.86. The molecule has 0 aromatic carbocycles. The Bertz CT molecular complexity index is 288. The zero-order valence-corrected chi connectivity index (χ0v) is 11.2. The zero-order chi connectivity index (χ0) is 11.8. The first-order chi connectivity index (χ1) is 8.25. The van der Waals surface area contributed by atoms with E-state index in [4.69, 9.17) is 0 Å². The van der Waals surface area contributed by atoms with E-state index in [9.17, 15) is 4.79 Å². The van der Waals surface area contributed by atoms with Crippen LogP contribution in [0.15, 0.2) is 0 Å². The lowest BCUT2D eigenvalue weighted by atomic mass is 9.75. The Balaban J connectivity index is 1.66. The summed E-state index contributed by atoms with van der Waals surface area (Å²) >= 11 is 0. The van der Waals surface area contributed by atoms with Gasteiger partial charge in [-0.15, -0.1) is 0 Å². The summed E-state index contributed by atoms with van der Waals surface area (Å²) in [7, 11) is 0. The van der Waals surface area contributed by atoms with Gasteiger partial charge in [0, 0.05) is 11.8 Å². The van der Waals surface area contributed by atoms with E-state index in [-0.39, 0.29) is 0 Å². The summed E-state index contributed by atoms with van der Waals surface area (Å²) in [5, 5.41) is 0. The minimum Gasteiger partial charge on any atom is -0.299 e. The van der Waals surface area contributed by atoms with Crippen molar-refractivity contribution in [3.05, 3.63) is 0 Å². The second kappa shape index (κ2) is 4.74. The van der Waals surface area contributed by atoms with Crippen molar-refractivity contribution in [2.75, 3.05) is 0 Å². The van der Waals surface area contributed by atoms with Crippen molar-refractivity contribution >= 4 is 5.78 Å². The van der Waals surface area contributed by atoms with Crippen molar-refractivity contribution < 1.29 is 4.79 Å². The number of carbonyl (C=O) groups is 1. The molecule has 1 nitrogen and oxygen atoms in total. The average Bonchev–Trinajstić information content (AvgIpc) is 2.69. The Kier molecular flexibility index (Phi) is 3.28. The van der Waals surface area contributed by atoms with Gasteiger partial charge in [0.25, 0.3) is 0 Å². The highest BCUT2D eigenvalue weighted by atomic mass is 16.1. The molecule has 1 heteroatoms. The molecule has 3 unspecified atom stereocenters. The predicted molar refractivity (Wildman–Crippen MR) is 69.7 cm³/mol. The van der Waals surface area contributed by atoms with Gasteiger partial charge in [0.1, 0.15) is 5.78 Å². The molecule has 3 aliphatic carbocycles. The second-order valence-corrected chi connectivity index (χ2v) is 6.92. The van der Waals surface area contributed by atoms with Crippen LogP contribution >= 0.6 is 0 Å². The van der Waals surface area contributed by atoms with Crippen molar-refractivity contribution in [1.29, 1.82) is 0 Å². The van der Waals surface area contributed by atoms with Crippen molar-refractivity contribution in [1.82, 2.24) is 0 Å². The molecule has 0 heterocycles. The van der Waals surface area contributed by atoms with Gasteiger partial charge in [0.05, 0.1) is 0 Å². The van der Waals surface area contributed by atoms with Gasteiger partial charge in [-0.05, 0) is 49.9 Å². The van der Waals surface area contributed by atoms with Crippen molar-refractivity contribution in [3.63, 3.8) is 0 Å². The van der Waals surface area contributed by atoms with Gasteiger partial charge in [0.2, 0.25) is 0 Å². The summed E-state index contributed by atoms with van der Waals surface area (Å²) in [6.45, 7) is 2.37. The molecule has 0 radical (unpaired) electrons. The lowest BCUT2D eigenvalue weighted by Gasteiger charge is -2.30. The first kappa shape index (κ1) is 11.7. The fourth-order valence-corrected chi connectivity index (χ4v) is 4.69. The molecule has 0 aromatic rings. The lowest BCUT2D eigenvalue weighted by Crippen LogP contribution is -2.26. The Morgan fingerprint density at radius 1 is 0.824 bits per heavy atom. The predicted octanol–water partition coefficient (Wildman–Crippen LogP) is 4.21. The smallest absolute Gasteiger partial charge is 0.139 e. The van der Waals surface area contributed by atoms with Gasteiger partial charge in [-0.2, -0.15) is 0 Å². The number of hydrogen-bond acceptors (Lipinski definition) is 1. The lowest BCUT2D eigenvalue weighted by molar-refractivity contribution is -0.126. The number of rotatable bonds is 1. The maximum absolute atomic E-state index is 12.5. The molecule has 3 aliphatic rings. The van der Waals surface area contributed by atoms with Crippen LogP contribution in [0.25, 0.3) is 0 Å². The number of ketones is 1. The molecule has 3 rings (SSSR count). The molecular formula is C16H26O. The molecule has 0 bridgehead atoms. The van der Waals surface area contributed by atoms with Crippen LogP contribution in [0.3, 0.4) is 0 Å². The third-order valence-corrected chi connectivity index (χ3v) is 5.83. The molecule has 17 heavy (non-hydrogen) atoms. The highest BCUT2D eigenvalue weighted by Gasteiger charge is 2.45. The molecule has 3 saturated carbocycles. The first-order valence-corrected chi connectivity index (χ1v) is 7.79. The minimum atomic E-state index is 0.468. The summed E-state index contributed by atoms with van der Waals surface area (Å²) in [5.74, 6) is 4.06. The highest BCUT2D eigenvalue weighted by Crippen LogP contribution is 2.48. The van der Waals surface area contributed by atoms with E-state index in [1.165, 1.54) is 57.8 Å². The van der Waals surface area contributed by atoms with E-state index < -0.39 is 0 Å². The van der Waals surface area contributed by atoms with Crippen LogP contribution in [0.2, 0.25) is 0 Å². The largest absolute Gasteiger partial charge is 0.299 e. The summed E-state index contributed by atoms with van der Waals surface area (Å²) in [5.41, 5.74) is 0. The van der Waals surface area contributed by atoms with Crippen molar-refractivity contribution in [2.45, 2.75) is 64.7 Å². The summed E-state index contributed by atoms with van der Waals surface area (Å²) in [6.07, 6.45) is 11.9. The summed E-state index contributed by atoms with van der Waals surface area (Å²) in [4.78, 5) is 12.5. The van der Waals surface area contributed by atoms with E-state index in [1.54, 1.807) is 0 Å². The normalized spacial score (nSPS) is 46.9. The molecule has 0 saturated heterocycles. The number of hydrogen-bond donors (Lipinski definition) is 0. The van der Waals surface area contributed by atoms with Gasteiger partial charge >= 0.3 is 0 Å². The maximum Gasteiger partial charge on any atom is 0.139 e. The number of Topliss-reactive ketones (excluding diaryl/α,β-unsaturated/α-hetero) is 1. The van der Waals surface area contributed by atoms with Crippen molar-refractivity contribution in [2.24, 2.45) is 29.6 Å². The van der Waals surface area contributed by atoms with E-state index >= 15 is 0 Å². The molecule has 0 aromatic heterocycles. The molecular weight excluding hydrogens is 208 g/mol. The van der Waals surface area contributed by atoms with E-state index in [2.05, 4.69) is 6.92 Å². The Morgan fingerprint density at radius 3 is 2.24 bits per heavy atom. The Morgan fingerprint density at radius 2 is 1.53 bits per heavy atom. The molecule has 0 spiro atoms. The first-order valence-electron chi connectivity index (χ1n) is 7.79. The Labute approximate surface area is 105 Å². The zero-order valence-electron chi connectivity index (χ0n) is 11.2. The topological polar surface area (TPSA) is 17.1 Å². The molecule has 96 valence electrons. The number of carbonyl (C=O) groups excluding carboxylic acids is 1. The molecule has 0 aliphatic heterocycles. The van der Waals surface area contributed by atoms with Crippen LogP contribution in [0, 0.1) is 29.6 Å². The quantitative estimate of drug-likeness (QED) is 0.664. The standard InChI is InChI=1S/C16H26O/c1-11-6-8-12(9-7-11)15-10-13-4-2-3-5-14(13)16(15)17/h11-15H,2-10H2,1H3. The fraction of sp³-hybridized carbons (Fsp3) is 0.938. The molecule has 0 N–H and O–H groups in total. The van der Waals surface area contributed by atoms with Gasteiger partial charge in [-0.25, -0.2) is 0 Å². The maximum atomic E-state index is 12.5. The minimum absolute atomic E-state index is 0.468. The third-order valence-electron chi connectivity index (χ3n) is 5.83. The van der Waals surface area contributed by atoms with Crippen LogP contribution in [-0.2, 0) is 4.79 Å². The van der Waals surface area contributed by atoms with Crippen LogP contribution < -0.4 is 0 Å². The molecule has 3 fully saturated rings. The summed E-state index contributed by atoms with van der Waals surface area (Å²) in [6, 6.07) is 0. The van der Waals surface area contributed by atoms with Gasteiger partial charge in [0.15, 0.2) is 0 Å². The van der Waals surface area contributed by atoms with Crippen molar-refractivity contribution in [3.8, 4) is 0 Å². The average molecular weight is 234 g/mol. The van der Waals surface area contributed by atoms with E-state index in [0.717, 1.165) is 17.8 Å². The van der Waals surface area contributed by atoms with E-state index in [1.807, 2.05) is 0 Å². The number of fused-ring (bicyclic) bond motifs is 1. The third kappa shape index (κ3) is 2.18. The fourth-order valence-electron chi connectivity index (χ4n) is 4.69. The SMILES string of the molecule is CC1CCC(C2CC3CCCCC3C2=O)CC1. The van der Waals surface area contributed by atoms with Crippen LogP contribution in [0.1, 0.15) is 64.7 Å². The molecule has 0 amide bonds. The molecule has 3 atom stereocenters. The van der Waals surface area contributed by atoms with Crippen LogP contribution in [0.4, 0.5) is 0 Å². The van der Waals surface area contributed by atoms with Gasteiger partial charge < -0.3 is 0 Å². The van der Waals surface area contributed by atoms with Gasteiger partial charge in [-0.1, -0.05) is 32.6 Å².